The molecule has 1 saturated heterocycles. The van der Waals surface area contributed by atoms with Crippen LogP contribution < -0.4 is 10.2 Å². The Kier molecular flexibility index (Phi) is 5.51. The van der Waals surface area contributed by atoms with Crippen LogP contribution in [0.25, 0.3) is 0 Å². The van der Waals surface area contributed by atoms with Gasteiger partial charge >= 0.3 is 0 Å². The van der Waals surface area contributed by atoms with E-state index in [4.69, 9.17) is 0 Å². The van der Waals surface area contributed by atoms with E-state index in [9.17, 15) is 14.0 Å². The van der Waals surface area contributed by atoms with Crippen LogP contribution in [0.1, 0.15) is 12.0 Å². The van der Waals surface area contributed by atoms with Gasteiger partial charge in [-0.2, -0.15) is 0 Å². The molecule has 5 nitrogen and oxygen atoms in total. The summed E-state index contributed by atoms with van der Waals surface area (Å²) in [5.41, 5.74) is 2.71. The van der Waals surface area contributed by atoms with E-state index < -0.39 is 11.7 Å². The zero-order chi connectivity index (χ0) is 18.5. The summed E-state index contributed by atoms with van der Waals surface area (Å²) in [6.07, 6.45) is -0.235. The van der Waals surface area contributed by atoms with Gasteiger partial charge in [0.2, 0.25) is 11.8 Å². The van der Waals surface area contributed by atoms with Crippen molar-refractivity contribution in [1.82, 2.24) is 4.90 Å². The fourth-order valence-electron chi connectivity index (χ4n) is 3.06. The lowest BCUT2D eigenvalue weighted by atomic mass is 10.2. The summed E-state index contributed by atoms with van der Waals surface area (Å²) in [6.45, 7) is 4.70. The lowest BCUT2D eigenvalue weighted by Crippen LogP contribution is -2.49. The molecule has 0 aromatic heterocycles. The van der Waals surface area contributed by atoms with Crippen molar-refractivity contribution in [3.8, 4) is 0 Å². The Balaban J connectivity index is 1.49. The van der Waals surface area contributed by atoms with Crippen molar-refractivity contribution in [3.05, 3.63) is 59.9 Å². The summed E-state index contributed by atoms with van der Waals surface area (Å²) < 4.78 is 13.1. The second kappa shape index (κ2) is 7.99. The number of carbonyl (C=O) groups excluding carboxylic acids is 2. The van der Waals surface area contributed by atoms with Crippen molar-refractivity contribution in [1.29, 1.82) is 0 Å². The van der Waals surface area contributed by atoms with Gasteiger partial charge in [0, 0.05) is 37.6 Å². The van der Waals surface area contributed by atoms with Crippen LogP contribution in [0.2, 0.25) is 0 Å². The second-order valence-corrected chi connectivity index (χ2v) is 6.44. The quantitative estimate of drug-likeness (QED) is 0.858. The highest BCUT2D eigenvalue weighted by atomic mass is 19.1. The molecule has 1 heterocycles. The third-order valence-electron chi connectivity index (χ3n) is 4.42. The van der Waals surface area contributed by atoms with Crippen LogP contribution in [0.4, 0.5) is 15.8 Å². The van der Waals surface area contributed by atoms with Crippen LogP contribution in [0.3, 0.4) is 0 Å². The molecule has 0 spiro atoms. The molecule has 0 unspecified atom stereocenters. The van der Waals surface area contributed by atoms with Crippen molar-refractivity contribution in [2.75, 3.05) is 36.4 Å². The highest BCUT2D eigenvalue weighted by Gasteiger charge is 2.23. The standard InChI is InChI=1S/C20H22FN3O2/c1-15-4-2-7-18(12-15)23-8-10-24(11-9-23)20(26)14-19(25)22-17-6-3-5-16(21)13-17/h2-7,12-13H,8-11,14H2,1H3,(H,22,25). The van der Waals surface area contributed by atoms with Crippen molar-refractivity contribution < 1.29 is 14.0 Å². The Hall–Kier alpha value is -2.89. The summed E-state index contributed by atoms with van der Waals surface area (Å²) >= 11 is 0. The molecular weight excluding hydrogens is 333 g/mol. The predicted molar refractivity (Wildman–Crippen MR) is 99.6 cm³/mol. The van der Waals surface area contributed by atoms with Gasteiger partial charge in [0.05, 0.1) is 0 Å². The van der Waals surface area contributed by atoms with E-state index in [0.29, 0.717) is 18.8 Å². The number of piperazine rings is 1. The van der Waals surface area contributed by atoms with Crippen molar-refractivity contribution >= 4 is 23.2 Å². The van der Waals surface area contributed by atoms with Gasteiger partial charge in [-0.15, -0.1) is 0 Å². The average Bonchev–Trinajstić information content (AvgIpc) is 2.61. The third-order valence-corrected chi connectivity index (χ3v) is 4.42. The number of nitrogens with zero attached hydrogens (tertiary/aromatic N) is 2. The SMILES string of the molecule is Cc1cccc(N2CCN(C(=O)CC(=O)Nc3cccc(F)c3)CC2)c1. The summed E-state index contributed by atoms with van der Waals surface area (Å²) in [5, 5.41) is 2.56. The topological polar surface area (TPSA) is 52.7 Å². The number of rotatable bonds is 4. The van der Waals surface area contributed by atoms with E-state index >= 15 is 0 Å². The molecule has 1 fully saturated rings. The Morgan fingerprint density at radius 2 is 1.77 bits per heavy atom. The highest BCUT2D eigenvalue weighted by Crippen LogP contribution is 2.18. The van der Waals surface area contributed by atoms with Gasteiger partial charge in [-0.05, 0) is 42.8 Å². The Labute approximate surface area is 152 Å². The average molecular weight is 355 g/mol. The van der Waals surface area contributed by atoms with Crippen LogP contribution >= 0.6 is 0 Å². The number of hydrogen-bond donors (Lipinski definition) is 1. The van der Waals surface area contributed by atoms with Gasteiger partial charge in [-0.25, -0.2) is 4.39 Å². The van der Waals surface area contributed by atoms with Crippen LogP contribution in [-0.2, 0) is 9.59 Å². The molecule has 26 heavy (non-hydrogen) atoms. The number of halogens is 1. The van der Waals surface area contributed by atoms with E-state index in [1.165, 1.54) is 23.8 Å². The van der Waals surface area contributed by atoms with Gasteiger partial charge in [0.1, 0.15) is 12.2 Å². The number of carbonyl (C=O) groups is 2. The largest absolute Gasteiger partial charge is 0.368 e. The molecule has 2 amide bonds. The maximum absolute atomic E-state index is 13.1. The molecule has 0 bridgehead atoms. The minimum absolute atomic E-state index is 0.206. The van der Waals surface area contributed by atoms with Crippen LogP contribution in [0.15, 0.2) is 48.5 Å². The molecule has 1 aliphatic heterocycles. The normalized spacial score (nSPS) is 14.2. The third kappa shape index (κ3) is 4.59. The number of hydrogen-bond acceptors (Lipinski definition) is 3. The van der Waals surface area contributed by atoms with Gasteiger partial charge in [0.25, 0.3) is 0 Å². The number of benzene rings is 2. The van der Waals surface area contributed by atoms with E-state index in [1.807, 2.05) is 6.07 Å². The first kappa shape index (κ1) is 17.9. The fraction of sp³-hybridized carbons (Fsp3) is 0.300. The zero-order valence-corrected chi connectivity index (χ0v) is 14.7. The Bertz CT molecular complexity index is 801. The number of aryl methyl sites for hydroxylation is 1. The summed E-state index contributed by atoms with van der Waals surface area (Å²) in [7, 11) is 0. The smallest absolute Gasteiger partial charge is 0.233 e. The molecule has 6 heteroatoms. The van der Waals surface area contributed by atoms with Gasteiger partial charge in [0.15, 0.2) is 0 Å². The maximum Gasteiger partial charge on any atom is 0.233 e. The molecule has 1 aliphatic rings. The van der Waals surface area contributed by atoms with Gasteiger partial charge in [-0.1, -0.05) is 18.2 Å². The van der Waals surface area contributed by atoms with Crippen molar-refractivity contribution in [2.45, 2.75) is 13.3 Å². The van der Waals surface area contributed by atoms with E-state index in [1.54, 1.807) is 11.0 Å². The molecule has 0 atom stereocenters. The molecule has 136 valence electrons. The van der Waals surface area contributed by atoms with Crippen LogP contribution in [0.5, 0.6) is 0 Å². The molecule has 0 aliphatic carbocycles. The molecule has 2 aromatic rings. The van der Waals surface area contributed by atoms with Crippen molar-refractivity contribution in [2.24, 2.45) is 0 Å². The molecule has 0 radical (unpaired) electrons. The molecule has 2 aromatic carbocycles. The zero-order valence-electron chi connectivity index (χ0n) is 14.7. The van der Waals surface area contributed by atoms with Crippen molar-refractivity contribution in [3.63, 3.8) is 0 Å². The summed E-state index contributed by atoms with van der Waals surface area (Å²) in [6, 6.07) is 13.9. The highest BCUT2D eigenvalue weighted by molar-refractivity contribution is 6.03. The van der Waals surface area contributed by atoms with E-state index in [2.05, 4.69) is 35.3 Å². The van der Waals surface area contributed by atoms with Gasteiger partial charge in [-0.3, -0.25) is 9.59 Å². The second-order valence-electron chi connectivity index (χ2n) is 6.44. The molecule has 1 N–H and O–H groups in total. The number of nitrogens with one attached hydrogen (secondary N) is 1. The van der Waals surface area contributed by atoms with E-state index in [-0.39, 0.29) is 12.3 Å². The minimum Gasteiger partial charge on any atom is -0.368 e. The first-order valence-electron chi connectivity index (χ1n) is 8.66. The predicted octanol–water partition coefficient (Wildman–Crippen LogP) is 2.81. The molecule has 0 saturated carbocycles. The summed E-state index contributed by atoms with van der Waals surface area (Å²) in [4.78, 5) is 28.3. The van der Waals surface area contributed by atoms with Gasteiger partial charge < -0.3 is 15.1 Å². The Morgan fingerprint density at radius 3 is 2.46 bits per heavy atom. The molecular formula is C20H22FN3O2. The monoisotopic (exact) mass is 355 g/mol. The first-order valence-corrected chi connectivity index (χ1v) is 8.66. The molecule has 3 rings (SSSR count). The number of amides is 2. The lowest BCUT2D eigenvalue weighted by Gasteiger charge is -2.36. The minimum atomic E-state index is -0.429. The lowest BCUT2D eigenvalue weighted by molar-refractivity contribution is -0.134. The first-order chi connectivity index (χ1) is 12.5. The fourth-order valence-corrected chi connectivity index (χ4v) is 3.06. The van der Waals surface area contributed by atoms with Crippen LogP contribution in [-0.4, -0.2) is 42.9 Å². The Morgan fingerprint density at radius 1 is 1.04 bits per heavy atom. The maximum atomic E-state index is 13.1. The van der Waals surface area contributed by atoms with Crippen LogP contribution in [0, 0.1) is 12.7 Å². The summed E-state index contributed by atoms with van der Waals surface area (Å²) in [5.74, 6) is -1.06. The number of anilines is 2. The van der Waals surface area contributed by atoms with E-state index in [0.717, 1.165) is 18.8 Å².